The van der Waals surface area contributed by atoms with E-state index in [0.29, 0.717) is 0 Å². The molecule has 1 atom stereocenters. The van der Waals surface area contributed by atoms with Crippen molar-refractivity contribution in [1.82, 2.24) is 0 Å². The third kappa shape index (κ3) is 4.25. The summed E-state index contributed by atoms with van der Waals surface area (Å²) in [6.07, 6.45) is 1.38. The van der Waals surface area contributed by atoms with Crippen molar-refractivity contribution >= 4 is 34.0 Å². The molecule has 4 heteroatoms. The van der Waals surface area contributed by atoms with Gasteiger partial charge >= 0.3 is 0 Å². The van der Waals surface area contributed by atoms with E-state index in [1.807, 2.05) is 25.1 Å². The Labute approximate surface area is 104 Å². The van der Waals surface area contributed by atoms with E-state index in [4.69, 9.17) is 5.73 Å². The maximum absolute atomic E-state index is 9.39. The van der Waals surface area contributed by atoms with Crippen molar-refractivity contribution in [3.63, 3.8) is 0 Å². The van der Waals surface area contributed by atoms with Crippen molar-refractivity contribution in [3.05, 3.63) is 21.8 Å². The van der Waals surface area contributed by atoms with E-state index in [9.17, 15) is 5.11 Å². The van der Waals surface area contributed by atoms with Crippen LogP contribution in [0.1, 0.15) is 19.8 Å². The van der Waals surface area contributed by atoms with E-state index in [2.05, 4.69) is 27.9 Å². The minimum Gasteiger partial charge on any atom is -0.399 e. The summed E-state index contributed by atoms with van der Waals surface area (Å²) in [7, 11) is 0. The number of halogens is 1. The maximum atomic E-state index is 9.39. The van der Waals surface area contributed by atoms with Crippen LogP contribution in [0.5, 0.6) is 0 Å². The number of benzene rings is 1. The van der Waals surface area contributed by atoms with Gasteiger partial charge in [0.15, 0.2) is 0 Å². The zero-order chi connectivity index (χ0) is 11.3. The molecule has 0 aliphatic rings. The third-order valence-electron chi connectivity index (χ3n) is 2.26. The molecule has 0 saturated carbocycles. The lowest BCUT2D eigenvalue weighted by molar-refractivity contribution is 0.164. The summed E-state index contributed by atoms with van der Waals surface area (Å²) in [6, 6.07) is 5.77. The molecule has 1 aromatic carbocycles. The van der Waals surface area contributed by atoms with Gasteiger partial charge in [0.25, 0.3) is 0 Å². The van der Waals surface area contributed by atoms with Crippen LogP contribution in [0, 0.1) is 3.57 Å². The minimum atomic E-state index is -0.205. The highest BCUT2D eigenvalue weighted by Crippen LogP contribution is 2.20. The molecule has 0 spiro atoms. The van der Waals surface area contributed by atoms with Gasteiger partial charge in [0.05, 0.1) is 6.10 Å². The smallest absolute Gasteiger partial charge is 0.0554 e. The molecule has 4 N–H and O–H groups in total. The summed E-state index contributed by atoms with van der Waals surface area (Å²) < 4.78 is 1.11. The molecule has 0 amide bonds. The number of anilines is 2. The molecule has 0 fully saturated rings. The molecule has 84 valence electrons. The number of nitrogens with one attached hydrogen (secondary N) is 1. The van der Waals surface area contributed by atoms with Gasteiger partial charge in [-0.1, -0.05) is 6.92 Å². The van der Waals surface area contributed by atoms with Crippen LogP contribution in [-0.2, 0) is 0 Å². The average molecular weight is 320 g/mol. The van der Waals surface area contributed by atoms with E-state index in [1.54, 1.807) is 0 Å². The third-order valence-corrected chi connectivity index (χ3v) is 3.15. The predicted molar refractivity (Wildman–Crippen MR) is 73.0 cm³/mol. The number of nitrogens with two attached hydrogens (primary N) is 1. The number of aliphatic hydroxyl groups excluding tert-OH is 1. The zero-order valence-electron chi connectivity index (χ0n) is 8.83. The molecule has 1 aromatic rings. The van der Waals surface area contributed by atoms with Gasteiger partial charge in [0, 0.05) is 21.5 Å². The van der Waals surface area contributed by atoms with Crippen LogP contribution in [0.2, 0.25) is 0 Å². The summed E-state index contributed by atoms with van der Waals surface area (Å²) in [5, 5.41) is 12.7. The summed E-state index contributed by atoms with van der Waals surface area (Å²) in [6.45, 7) is 2.77. The Morgan fingerprint density at radius 1 is 1.53 bits per heavy atom. The van der Waals surface area contributed by atoms with E-state index >= 15 is 0 Å². The summed E-state index contributed by atoms with van der Waals surface area (Å²) in [5.41, 5.74) is 7.51. The lowest BCUT2D eigenvalue weighted by Crippen LogP contribution is -2.12. The molecule has 0 aliphatic carbocycles. The van der Waals surface area contributed by atoms with Crippen LogP contribution in [0.25, 0.3) is 0 Å². The number of nitrogen functional groups attached to an aromatic ring is 1. The van der Waals surface area contributed by atoms with Crippen LogP contribution < -0.4 is 11.1 Å². The molecule has 0 aliphatic heterocycles. The number of aliphatic hydroxyl groups is 1. The van der Waals surface area contributed by atoms with E-state index in [-0.39, 0.29) is 6.10 Å². The van der Waals surface area contributed by atoms with Gasteiger partial charge in [-0.3, -0.25) is 0 Å². The van der Waals surface area contributed by atoms with Crippen LogP contribution in [0.4, 0.5) is 11.4 Å². The number of hydrogen-bond acceptors (Lipinski definition) is 3. The molecule has 0 aromatic heterocycles. The molecule has 1 rings (SSSR count). The van der Waals surface area contributed by atoms with Crippen molar-refractivity contribution in [2.24, 2.45) is 0 Å². The van der Waals surface area contributed by atoms with E-state index in [1.165, 1.54) is 0 Å². The summed E-state index contributed by atoms with van der Waals surface area (Å²) in [4.78, 5) is 0. The summed E-state index contributed by atoms with van der Waals surface area (Å²) >= 11 is 2.25. The molecule has 0 bridgehead atoms. The highest BCUT2D eigenvalue weighted by atomic mass is 127. The first-order valence-corrected chi connectivity index (χ1v) is 6.18. The van der Waals surface area contributed by atoms with Gasteiger partial charge in [-0.05, 0) is 53.6 Å². The molecule has 0 heterocycles. The SMILES string of the molecule is CCC(O)CCNc1ccc(N)cc1I. The Morgan fingerprint density at radius 3 is 2.87 bits per heavy atom. The van der Waals surface area contributed by atoms with Crippen molar-refractivity contribution in [2.45, 2.75) is 25.9 Å². The second-order valence-corrected chi connectivity index (χ2v) is 4.68. The van der Waals surface area contributed by atoms with Crippen LogP contribution in [0.3, 0.4) is 0 Å². The van der Waals surface area contributed by atoms with Gasteiger partial charge in [-0.25, -0.2) is 0 Å². The highest BCUT2D eigenvalue weighted by molar-refractivity contribution is 14.1. The van der Waals surface area contributed by atoms with Gasteiger partial charge in [0.2, 0.25) is 0 Å². The first kappa shape index (κ1) is 12.6. The van der Waals surface area contributed by atoms with Gasteiger partial charge in [-0.2, -0.15) is 0 Å². The second-order valence-electron chi connectivity index (χ2n) is 3.52. The first-order valence-electron chi connectivity index (χ1n) is 5.10. The van der Waals surface area contributed by atoms with Crippen molar-refractivity contribution < 1.29 is 5.11 Å². The highest BCUT2D eigenvalue weighted by Gasteiger charge is 2.02. The fourth-order valence-electron chi connectivity index (χ4n) is 1.25. The molecular weight excluding hydrogens is 303 g/mol. The van der Waals surface area contributed by atoms with Crippen molar-refractivity contribution in [1.29, 1.82) is 0 Å². The Balaban J connectivity index is 2.44. The quantitative estimate of drug-likeness (QED) is 0.577. The van der Waals surface area contributed by atoms with Gasteiger partial charge in [0.1, 0.15) is 0 Å². The van der Waals surface area contributed by atoms with E-state index in [0.717, 1.165) is 34.3 Å². The largest absolute Gasteiger partial charge is 0.399 e. The number of hydrogen-bond donors (Lipinski definition) is 3. The zero-order valence-corrected chi connectivity index (χ0v) is 11.0. The predicted octanol–water partition coefficient (Wildman–Crippen LogP) is 2.45. The number of rotatable bonds is 5. The fraction of sp³-hybridized carbons (Fsp3) is 0.455. The molecule has 15 heavy (non-hydrogen) atoms. The standard InChI is InChI=1S/C11H17IN2O/c1-2-9(15)5-6-14-11-4-3-8(13)7-10(11)12/h3-4,7,9,14-15H,2,5-6,13H2,1H3. The Bertz CT molecular complexity index is 317. The monoisotopic (exact) mass is 320 g/mol. The molecule has 0 radical (unpaired) electrons. The molecule has 3 nitrogen and oxygen atoms in total. The fourth-order valence-corrected chi connectivity index (χ4v) is 1.98. The maximum Gasteiger partial charge on any atom is 0.0554 e. The van der Waals surface area contributed by atoms with Crippen LogP contribution in [-0.4, -0.2) is 17.8 Å². The Kier molecular flexibility index (Phi) is 5.17. The molecule has 0 saturated heterocycles. The molecule has 1 unspecified atom stereocenters. The minimum absolute atomic E-state index is 0.205. The van der Waals surface area contributed by atoms with Crippen LogP contribution in [0.15, 0.2) is 18.2 Å². The topological polar surface area (TPSA) is 58.3 Å². The van der Waals surface area contributed by atoms with Gasteiger partial charge in [-0.15, -0.1) is 0 Å². The first-order chi connectivity index (χ1) is 7.13. The van der Waals surface area contributed by atoms with Crippen LogP contribution >= 0.6 is 22.6 Å². The Hall–Kier alpha value is -0.490. The van der Waals surface area contributed by atoms with Crippen molar-refractivity contribution in [3.8, 4) is 0 Å². The Morgan fingerprint density at radius 2 is 2.27 bits per heavy atom. The van der Waals surface area contributed by atoms with Crippen molar-refractivity contribution in [2.75, 3.05) is 17.6 Å². The van der Waals surface area contributed by atoms with Gasteiger partial charge < -0.3 is 16.2 Å². The average Bonchev–Trinajstić information content (AvgIpc) is 2.21. The lowest BCUT2D eigenvalue weighted by Gasteiger charge is -2.11. The second kappa shape index (κ2) is 6.17. The molecular formula is C11H17IN2O. The van der Waals surface area contributed by atoms with E-state index < -0.39 is 0 Å². The lowest BCUT2D eigenvalue weighted by atomic mass is 10.2. The normalized spacial score (nSPS) is 12.5. The summed E-state index contributed by atoms with van der Waals surface area (Å²) in [5.74, 6) is 0.